The monoisotopic (exact) mass is 265 g/mol. The average Bonchev–Trinajstić information content (AvgIpc) is 2.30. The number of hydrogen-bond donors (Lipinski definition) is 1. The third-order valence-corrected chi connectivity index (χ3v) is 3.34. The van der Waals surface area contributed by atoms with Gasteiger partial charge < -0.3 is 5.73 Å². The molecule has 0 fully saturated rings. The van der Waals surface area contributed by atoms with Crippen LogP contribution < -0.4 is 5.73 Å². The van der Waals surface area contributed by atoms with Crippen molar-refractivity contribution in [3.05, 3.63) is 58.1 Å². The van der Waals surface area contributed by atoms with Gasteiger partial charge in [0.15, 0.2) is 0 Å². The molecule has 2 rings (SSSR count). The van der Waals surface area contributed by atoms with Gasteiger partial charge in [0.1, 0.15) is 0 Å². The molecular weight excluding hydrogens is 253 g/mol. The van der Waals surface area contributed by atoms with E-state index in [1.54, 1.807) is 0 Å². The van der Waals surface area contributed by atoms with E-state index >= 15 is 0 Å². The van der Waals surface area contributed by atoms with Gasteiger partial charge in [0.25, 0.3) is 0 Å². The van der Waals surface area contributed by atoms with E-state index in [1.165, 1.54) is 0 Å². The van der Waals surface area contributed by atoms with E-state index in [4.69, 9.17) is 28.9 Å². The van der Waals surface area contributed by atoms with Crippen LogP contribution in [0.4, 0.5) is 0 Å². The van der Waals surface area contributed by atoms with E-state index in [2.05, 4.69) is 0 Å². The minimum atomic E-state index is -0.0199. The summed E-state index contributed by atoms with van der Waals surface area (Å²) in [5, 5.41) is 1.37. The van der Waals surface area contributed by atoms with E-state index < -0.39 is 0 Å². The predicted molar refractivity (Wildman–Crippen MR) is 74.5 cm³/mol. The fourth-order valence-electron chi connectivity index (χ4n) is 1.71. The zero-order chi connectivity index (χ0) is 12.4. The molecular formula is C14H13Cl2N. The van der Waals surface area contributed by atoms with Crippen molar-refractivity contribution in [2.24, 2.45) is 5.73 Å². The number of halogens is 2. The SMILES string of the molecule is CC(N)c1ccc(Cl)c(-c2ccccc2Cl)c1. The molecule has 0 aliphatic carbocycles. The molecule has 0 aliphatic heterocycles. The fraction of sp³-hybridized carbons (Fsp3) is 0.143. The van der Waals surface area contributed by atoms with Gasteiger partial charge in [-0.25, -0.2) is 0 Å². The van der Waals surface area contributed by atoms with Gasteiger partial charge in [0.05, 0.1) is 0 Å². The highest BCUT2D eigenvalue weighted by Crippen LogP contribution is 2.34. The smallest absolute Gasteiger partial charge is 0.0485 e. The van der Waals surface area contributed by atoms with Crippen LogP contribution in [0.25, 0.3) is 11.1 Å². The van der Waals surface area contributed by atoms with E-state index in [9.17, 15) is 0 Å². The number of hydrogen-bond acceptors (Lipinski definition) is 1. The summed E-state index contributed by atoms with van der Waals surface area (Å²) in [6.07, 6.45) is 0. The third kappa shape index (κ3) is 2.63. The Bertz CT molecular complexity index is 535. The second-order valence-electron chi connectivity index (χ2n) is 4.01. The fourth-order valence-corrected chi connectivity index (χ4v) is 2.17. The summed E-state index contributed by atoms with van der Waals surface area (Å²) in [4.78, 5) is 0. The summed E-state index contributed by atoms with van der Waals surface area (Å²) >= 11 is 12.4. The molecule has 2 aromatic rings. The topological polar surface area (TPSA) is 26.0 Å². The summed E-state index contributed by atoms with van der Waals surface area (Å²) in [6.45, 7) is 1.94. The third-order valence-electron chi connectivity index (χ3n) is 2.68. The molecule has 0 aliphatic rings. The van der Waals surface area contributed by atoms with Gasteiger partial charge in [-0.3, -0.25) is 0 Å². The Hall–Kier alpha value is -1.02. The van der Waals surface area contributed by atoms with Crippen LogP contribution in [0.3, 0.4) is 0 Å². The maximum Gasteiger partial charge on any atom is 0.0485 e. The summed E-state index contributed by atoms with van der Waals surface area (Å²) in [7, 11) is 0. The lowest BCUT2D eigenvalue weighted by Crippen LogP contribution is -2.04. The van der Waals surface area contributed by atoms with Crippen LogP contribution in [0, 0.1) is 0 Å². The van der Waals surface area contributed by atoms with Gasteiger partial charge in [-0.2, -0.15) is 0 Å². The Morgan fingerprint density at radius 2 is 1.59 bits per heavy atom. The molecule has 1 atom stereocenters. The Morgan fingerprint density at radius 3 is 2.24 bits per heavy atom. The molecule has 3 heteroatoms. The molecule has 0 aromatic heterocycles. The van der Waals surface area contributed by atoms with E-state index in [0.717, 1.165) is 16.7 Å². The van der Waals surface area contributed by atoms with Crippen molar-refractivity contribution >= 4 is 23.2 Å². The second-order valence-corrected chi connectivity index (χ2v) is 4.82. The predicted octanol–water partition coefficient (Wildman–Crippen LogP) is 4.68. The molecule has 0 spiro atoms. The average molecular weight is 266 g/mol. The van der Waals surface area contributed by atoms with Crippen LogP contribution in [0.2, 0.25) is 10.0 Å². The standard InChI is InChI=1S/C14H13Cl2N/c1-9(17)10-6-7-14(16)12(8-10)11-4-2-3-5-13(11)15/h2-9H,17H2,1H3. The van der Waals surface area contributed by atoms with Crippen LogP contribution in [-0.2, 0) is 0 Å². The van der Waals surface area contributed by atoms with Crippen LogP contribution >= 0.6 is 23.2 Å². The van der Waals surface area contributed by atoms with Crippen molar-refractivity contribution in [2.45, 2.75) is 13.0 Å². The van der Waals surface area contributed by atoms with Gasteiger partial charge >= 0.3 is 0 Å². The molecule has 17 heavy (non-hydrogen) atoms. The molecule has 88 valence electrons. The van der Waals surface area contributed by atoms with E-state index in [-0.39, 0.29) is 6.04 Å². The first kappa shape index (κ1) is 12.4. The van der Waals surface area contributed by atoms with Crippen molar-refractivity contribution in [1.29, 1.82) is 0 Å². The van der Waals surface area contributed by atoms with Gasteiger partial charge in [-0.15, -0.1) is 0 Å². The largest absolute Gasteiger partial charge is 0.324 e. The highest BCUT2D eigenvalue weighted by atomic mass is 35.5. The van der Waals surface area contributed by atoms with Gasteiger partial charge in [-0.1, -0.05) is 47.5 Å². The van der Waals surface area contributed by atoms with Crippen LogP contribution in [0.15, 0.2) is 42.5 Å². The molecule has 0 saturated carbocycles. The Balaban J connectivity index is 2.59. The van der Waals surface area contributed by atoms with Gasteiger partial charge in [0, 0.05) is 27.2 Å². The number of nitrogens with two attached hydrogens (primary N) is 1. The molecule has 0 heterocycles. The van der Waals surface area contributed by atoms with Gasteiger partial charge in [0.2, 0.25) is 0 Å². The summed E-state index contributed by atoms with van der Waals surface area (Å²) in [5.74, 6) is 0. The van der Waals surface area contributed by atoms with E-state index in [0.29, 0.717) is 10.0 Å². The Kier molecular flexibility index (Phi) is 3.72. The maximum atomic E-state index is 6.21. The zero-order valence-corrected chi connectivity index (χ0v) is 11.0. The van der Waals surface area contributed by atoms with Crippen LogP contribution in [0.5, 0.6) is 0 Å². The molecule has 2 aromatic carbocycles. The molecule has 2 N–H and O–H groups in total. The lowest BCUT2D eigenvalue weighted by molar-refractivity contribution is 0.819. The maximum absolute atomic E-state index is 6.21. The summed E-state index contributed by atoms with van der Waals surface area (Å²) in [5.41, 5.74) is 8.77. The van der Waals surface area contributed by atoms with Crippen molar-refractivity contribution in [3.63, 3.8) is 0 Å². The highest BCUT2D eigenvalue weighted by Gasteiger charge is 2.09. The van der Waals surface area contributed by atoms with Crippen molar-refractivity contribution in [1.82, 2.24) is 0 Å². The highest BCUT2D eigenvalue weighted by molar-refractivity contribution is 6.36. The van der Waals surface area contributed by atoms with E-state index in [1.807, 2.05) is 49.4 Å². The molecule has 1 unspecified atom stereocenters. The van der Waals surface area contributed by atoms with Crippen molar-refractivity contribution < 1.29 is 0 Å². The lowest BCUT2D eigenvalue weighted by atomic mass is 10.0. The minimum absolute atomic E-state index is 0.0199. The summed E-state index contributed by atoms with van der Waals surface area (Å²) in [6, 6.07) is 13.4. The molecule has 0 bridgehead atoms. The molecule has 1 nitrogen and oxygen atoms in total. The lowest BCUT2D eigenvalue weighted by Gasteiger charge is -2.11. The van der Waals surface area contributed by atoms with Gasteiger partial charge in [-0.05, 0) is 30.7 Å². The normalized spacial score (nSPS) is 12.5. The van der Waals surface area contributed by atoms with Crippen LogP contribution in [-0.4, -0.2) is 0 Å². The molecule has 0 amide bonds. The van der Waals surface area contributed by atoms with Crippen molar-refractivity contribution in [3.8, 4) is 11.1 Å². The first-order valence-electron chi connectivity index (χ1n) is 5.39. The second kappa shape index (κ2) is 5.09. The zero-order valence-electron chi connectivity index (χ0n) is 9.45. The number of benzene rings is 2. The Morgan fingerprint density at radius 1 is 0.941 bits per heavy atom. The molecule has 0 saturated heterocycles. The van der Waals surface area contributed by atoms with Crippen LogP contribution in [0.1, 0.15) is 18.5 Å². The first-order valence-corrected chi connectivity index (χ1v) is 6.15. The summed E-state index contributed by atoms with van der Waals surface area (Å²) < 4.78 is 0. The molecule has 0 radical (unpaired) electrons. The Labute approximate surface area is 111 Å². The quantitative estimate of drug-likeness (QED) is 0.839. The number of rotatable bonds is 2. The first-order chi connectivity index (χ1) is 8.09. The minimum Gasteiger partial charge on any atom is -0.324 e. The van der Waals surface area contributed by atoms with Crippen molar-refractivity contribution in [2.75, 3.05) is 0 Å².